The number of aliphatic carboxylic acids is 1. The molecule has 4 rings (SSSR count). The normalized spacial score (nSPS) is 15.8. The topological polar surface area (TPSA) is 859 Å². The van der Waals surface area contributed by atoms with E-state index in [2.05, 4.69) is 95.7 Å². The molecule has 0 aromatic heterocycles. The zero-order valence-corrected chi connectivity index (χ0v) is 79.3. The Kier molecular flexibility index (Phi) is 50.0. The zero-order chi connectivity index (χ0) is 104. The first-order valence-corrected chi connectivity index (χ1v) is 45.3. The molecule has 38 N–H and O–H groups in total. The molecule has 2 aromatic carbocycles. The number of aromatic carboxylic acids is 1. The number of amides is 15. The molecule has 0 spiro atoms. The van der Waals surface area contributed by atoms with Crippen LogP contribution in [0.1, 0.15) is 159 Å². The predicted molar refractivity (Wildman–Crippen MR) is 506 cm³/mol. The Morgan fingerprint density at radius 1 is 0.453 bits per heavy atom. The number of carbonyl (C=O) groups excluding carboxylic acids is 15. The van der Waals surface area contributed by atoms with Crippen molar-refractivity contribution in [2.45, 2.75) is 241 Å². The molecule has 1 unspecified atom stereocenters. The molecule has 15 amide bonds. The van der Waals surface area contributed by atoms with Crippen molar-refractivity contribution in [2.75, 3.05) is 71.8 Å². The lowest BCUT2D eigenvalue weighted by Gasteiger charge is -2.31. The SMILES string of the molecule is C[C@H](NC(=O)[C@H](CCCCN)NC(=O)CNC(=O)CNC(=O)[C@@H](NC(=O)[C@H](CO)NC(=O)[C@H](CCCCN(C)C)NC(=O)[C@H](CCCNC(=N)N)NC(=O)[C@H](C)NC(=O)[C@@H](NC(=O)[C@H](CCC(N)=O)NC(=O)[C@H](CCCCN)NC(=O)[C@@H](NC(=O)[C@H](CCCNC(=N)N)NC(=O)[C@H](C)NC(=S)Nc1ccc(C2=C3C=CC(O)=CC3Oc3cc(O)ccc32)c(C(=O)O)c1)[C@@H](C)O)[C@@H](C)O)[C@@H](C)O)C(=O)O. The average Bonchev–Trinajstić information content (AvgIpc) is 0.745. The molecular weight excluding hydrogens is 1850 g/mol. The Morgan fingerprint density at radius 3 is 1.35 bits per heavy atom. The summed E-state index contributed by atoms with van der Waals surface area (Å²) in [6.07, 6.45) is -1.93. The number of carbonyl (C=O) groups is 17. The van der Waals surface area contributed by atoms with Crippen molar-refractivity contribution < 1.29 is 127 Å². The van der Waals surface area contributed by atoms with Gasteiger partial charge in [-0.1, -0.05) is 12.1 Å². The number of carboxylic acids is 2. The molecule has 52 nitrogen and oxygen atoms in total. The van der Waals surface area contributed by atoms with E-state index in [4.69, 9.17) is 56.4 Å². The summed E-state index contributed by atoms with van der Waals surface area (Å²) in [4.78, 5) is 233. The number of anilines is 1. The van der Waals surface area contributed by atoms with Crippen LogP contribution < -0.4 is 129 Å². The Morgan fingerprint density at radius 2 is 0.871 bits per heavy atom. The van der Waals surface area contributed by atoms with Crippen LogP contribution in [0, 0.1) is 10.8 Å². The van der Waals surface area contributed by atoms with Gasteiger partial charge in [0, 0.05) is 54.0 Å². The van der Waals surface area contributed by atoms with E-state index in [0.717, 1.165) is 27.7 Å². The van der Waals surface area contributed by atoms with Gasteiger partial charge in [-0.3, -0.25) is 87.5 Å². The number of phenols is 1. The van der Waals surface area contributed by atoms with Crippen molar-refractivity contribution in [3.8, 4) is 11.5 Å². The minimum atomic E-state index is -2.00. The smallest absolute Gasteiger partial charge is 0.336 e. The lowest BCUT2D eigenvalue weighted by atomic mass is 9.84. The Labute approximate surface area is 806 Å². The van der Waals surface area contributed by atoms with Crippen molar-refractivity contribution >= 4 is 141 Å². The largest absolute Gasteiger partial charge is 0.508 e. The fourth-order valence-corrected chi connectivity index (χ4v) is 14.1. The van der Waals surface area contributed by atoms with E-state index in [1.165, 1.54) is 56.3 Å². The molecule has 53 heteroatoms. The van der Waals surface area contributed by atoms with Gasteiger partial charge in [-0.2, -0.15) is 0 Å². The number of nitrogens with zero attached hydrogens (tertiary/aromatic N) is 1. The number of thiocarbonyl (C=S) groups is 1. The number of aliphatic hydroxyl groups excluding tert-OH is 5. The first-order chi connectivity index (χ1) is 65.5. The van der Waals surface area contributed by atoms with Crippen molar-refractivity contribution in [1.82, 2.24) is 95.3 Å². The number of phenolic OH excluding ortho intramolecular Hbond substituents is 1. The number of carboxylic acid groups (broad SMARTS) is 2. The second-order valence-corrected chi connectivity index (χ2v) is 33.7. The van der Waals surface area contributed by atoms with Crippen LogP contribution in [0.15, 0.2) is 66.0 Å². The third-order valence-electron chi connectivity index (χ3n) is 21.4. The molecule has 139 heavy (non-hydrogen) atoms. The number of hydrogen-bond donors (Lipinski definition) is 33. The van der Waals surface area contributed by atoms with Crippen molar-refractivity contribution in [2.24, 2.45) is 28.7 Å². The van der Waals surface area contributed by atoms with E-state index in [1.807, 2.05) is 4.90 Å². The zero-order valence-electron chi connectivity index (χ0n) is 78.4. The number of benzene rings is 2. The van der Waals surface area contributed by atoms with Crippen molar-refractivity contribution in [3.63, 3.8) is 0 Å². The summed E-state index contributed by atoms with van der Waals surface area (Å²) in [6, 6.07) is -12.7. The molecule has 0 saturated carbocycles. The molecule has 0 bridgehead atoms. The number of aliphatic hydroxyl groups is 5. The summed E-state index contributed by atoms with van der Waals surface area (Å²) in [6.45, 7) is 4.95. The van der Waals surface area contributed by atoms with Crippen LogP contribution >= 0.6 is 12.2 Å². The van der Waals surface area contributed by atoms with Gasteiger partial charge < -0.3 is 175 Å². The van der Waals surface area contributed by atoms with Gasteiger partial charge in [0.05, 0.1) is 43.6 Å². The predicted octanol–water partition coefficient (Wildman–Crippen LogP) is -8.57. The lowest BCUT2D eigenvalue weighted by Crippen LogP contribution is -2.62. The second kappa shape index (κ2) is 59.2. The quantitative estimate of drug-likeness (QED) is 0.0127. The van der Waals surface area contributed by atoms with Crippen molar-refractivity contribution in [1.29, 1.82) is 10.8 Å². The van der Waals surface area contributed by atoms with Crippen LogP contribution in [0.25, 0.3) is 5.57 Å². The number of primary amides is 1. The maximum absolute atomic E-state index is 14.5. The highest BCUT2D eigenvalue weighted by Crippen LogP contribution is 2.44. The molecule has 0 radical (unpaired) electrons. The third kappa shape index (κ3) is 40.7. The Balaban J connectivity index is 1.50. The molecule has 770 valence electrons. The van der Waals surface area contributed by atoms with Gasteiger partial charge in [-0.15, -0.1) is 0 Å². The Bertz CT molecular complexity index is 4790. The number of allylic oxidation sites excluding steroid dienone is 1. The number of nitrogens with two attached hydrogens (primary N) is 5. The maximum Gasteiger partial charge on any atom is 0.336 e. The van der Waals surface area contributed by atoms with E-state index < -0.39 is 248 Å². The number of aromatic hydroxyl groups is 1. The Hall–Kier alpha value is -14.0. The van der Waals surface area contributed by atoms with Gasteiger partial charge >= 0.3 is 11.9 Å². The minimum absolute atomic E-state index is 0.00640. The summed E-state index contributed by atoms with van der Waals surface area (Å²) in [5.41, 5.74) is 29.3. The van der Waals surface area contributed by atoms with Gasteiger partial charge in [0.2, 0.25) is 88.6 Å². The standard InChI is InChI=1S/C86H134N26O26S/c1-41(70(122)103-57(20-15-32-94-84(90)91)74(126)105-55(19-11-14-34-112(7)8)75(127)108-60(40-113)78(130)109-67(44(4)114)79(131)97-38-64(120)96-39-65(121)102-54(17-9-12-30-87)72(124)99-43(3)82(134)135)98-80(132)68(45(5)115)110-77(129)59(28-29-63(89)119)106-73(125)56(18-10-13-31-88)107-81(133)69(46(6)116)111-76(128)58(21-16-33-95-85(92)93)104-71(123)42(2)100-86(139)101-47-22-25-50(53(35-47)83(136)137)66-51-26-23-48(117)36-61(51)138-62-37-49(118)24-27-52(62)66/h22-27,35-37,41-46,54-61,67-69,113-118H,9-21,28-34,38-40,87-88H2,1-8H3,(H2,89,119)(H,96,120)(H,97,131)(H,98,132)(H,99,124)(H,102,121)(H,103,122)(H,104,123)(H,105,126)(H,106,125)(H,107,133)(H,108,127)(H,109,130)(H,110,129)(H,111,128)(H,134,135)(H,136,137)(H4,90,91,94)(H4,92,93,95)(H2,100,101,139)/t41-,42-,43-,44+,45+,46+,54-,55-,56-,57-,58-,59-,60-,61?,67-,68-,69-/m0/s1. The number of fused-ring (bicyclic) bond motifs is 2. The monoisotopic (exact) mass is 1980 g/mol. The number of guanidine groups is 2. The van der Waals surface area contributed by atoms with Crippen molar-refractivity contribution in [3.05, 3.63) is 82.6 Å². The lowest BCUT2D eigenvalue weighted by molar-refractivity contribution is -0.141. The van der Waals surface area contributed by atoms with E-state index >= 15 is 0 Å². The maximum atomic E-state index is 14.5. The summed E-state index contributed by atoms with van der Waals surface area (Å²) < 4.78 is 6.05. The molecule has 1 aliphatic heterocycles. The third-order valence-corrected chi connectivity index (χ3v) is 21.6. The van der Waals surface area contributed by atoms with Crippen LogP contribution in [0.4, 0.5) is 5.69 Å². The van der Waals surface area contributed by atoms with E-state index in [9.17, 15) is 122 Å². The van der Waals surface area contributed by atoms with Gasteiger partial charge in [0.15, 0.2) is 17.0 Å². The summed E-state index contributed by atoms with van der Waals surface area (Å²) >= 11 is 5.55. The molecule has 0 saturated heterocycles. The van der Waals surface area contributed by atoms with Gasteiger partial charge in [-0.05, 0) is 213 Å². The number of hydrogen-bond acceptors (Lipinski definition) is 30. The first-order valence-electron chi connectivity index (χ1n) is 44.8. The molecule has 2 aliphatic rings. The molecule has 1 heterocycles. The minimum Gasteiger partial charge on any atom is -0.508 e. The number of ether oxygens (including phenoxy) is 1. The average molecular weight is 1980 g/mol. The summed E-state index contributed by atoms with van der Waals surface area (Å²) in [5.74, 6) is -19.7. The van der Waals surface area contributed by atoms with Crippen LogP contribution in [0.5, 0.6) is 11.5 Å². The fourth-order valence-electron chi connectivity index (χ4n) is 13.8. The molecule has 2 aromatic rings. The molecule has 17 atom stereocenters. The van der Waals surface area contributed by atoms with Gasteiger partial charge in [0.1, 0.15) is 102 Å². The first kappa shape index (κ1) is 117. The fraction of sp³-hybridized carbons (Fsp3) is 0.558. The van der Waals surface area contributed by atoms with E-state index in [0.29, 0.717) is 42.5 Å². The van der Waals surface area contributed by atoms with E-state index in [1.54, 1.807) is 26.2 Å². The number of nitrogens with one attached hydrogen (secondary N) is 20. The highest BCUT2D eigenvalue weighted by Gasteiger charge is 2.40. The highest BCUT2D eigenvalue weighted by atomic mass is 32.1. The van der Waals surface area contributed by atoms with Crippen LogP contribution in [-0.2, 0) is 76.7 Å². The second-order valence-electron chi connectivity index (χ2n) is 33.3. The molecule has 0 fully saturated rings. The highest BCUT2D eigenvalue weighted by molar-refractivity contribution is 7.80. The number of unbranched alkanes of at least 4 members (excludes halogenated alkanes) is 3. The molecule has 1 aliphatic carbocycles. The summed E-state index contributed by atoms with van der Waals surface area (Å²) in [7, 11) is 3.53. The van der Waals surface area contributed by atoms with Crippen LogP contribution in [0.2, 0.25) is 0 Å². The van der Waals surface area contributed by atoms with Gasteiger partial charge in [0.25, 0.3) is 0 Å². The van der Waals surface area contributed by atoms with Crippen LogP contribution in [0.3, 0.4) is 0 Å². The molecular formula is C86H134N26O26S. The van der Waals surface area contributed by atoms with E-state index in [-0.39, 0.29) is 130 Å². The van der Waals surface area contributed by atoms with Crippen LogP contribution in [-0.4, -0.2) is 333 Å². The van der Waals surface area contributed by atoms with Gasteiger partial charge in [-0.25, -0.2) is 4.79 Å². The summed E-state index contributed by atoms with van der Waals surface area (Å²) in [5, 5.41) is 142. The number of rotatable bonds is 61.